The number of fused-ring (bicyclic) bond motifs is 1. The van der Waals surface area contributed by atoms with Gasteiger partial charge in [0.2, 0.25) is 0 Å². The lowest BCUT2D eigenvalue weighted by atomic mass is 10.0. The van der Waals surface area contributed by atoms with Gasteiger partial charge in [-0.25, -0.2) is 0 Å². The van der Waals surface area contributed by atoms with Gasteiger partial charge in [-0.3, -0.25) is 4.79 Å². The summed E-state index contributed by atoms with van der Waals surface area (Å²) in [5.41, 5.74) is 1.55. The minimum absolute atomic E-state index is 0.853. The number of halogens is 2. The number of carbonyl (C=O) groups excluding carboxylic acids is 1. The van der Waals surface area contributed by atoms with Crippen LogP contribution < -0.4 is 0 Å². The van der Waals surface area contributed by atoms with Gasteiger partial charge in [-0.1, -0.05) is 42.5 Å². The van der Waals surface area contributed by atoms with Gasteiger partial charge in [-0.2, -0.15) is 0 Å². The Labute approximate surface area is 110 Å². The first-order valence-corrected chi connectivity index (χ1v) is 6.26. The van der Waals surface area contributed by atoms with Crippen LogP contribution in [0.3, 0.4) is 0 Å². The highest BCUT2D eigenvalue weighted by atomic mass is 35.5. The molecule has 0 aromatic heterocycles. The average Bonchev–Trinajstić information content (AvgIpc) is 3.11. The van der Waals surface area contributed by atoms with E-state index in [1.165, 1.54) is 23.6 Å². The van der Waals surface area contributed by atoms with Crippen molar-refractivity contribution in [1.82, 2.24) is 0 Å². The Balaban J connectivity index is 0.000000239. The molecule has 0 atom stereocenters. The van der Waals surface area contributed by atoms with Crippen molar-refractivity contribution in [2.45, 2.75) is 18.8 Å². The molecule has 0 radical (unpaired) electrons. The predicted molar refractivity (Wildman–Crippen MR) is 73.0 cm³/mol. The van der Waals surface area contributed by atoms with Crippen molar-refractivity contribution in [1.29, 1.82) is 0 Å². The molecule has 0 aliphatic heterocycles. The molecule has 88 valence electrons. The fraction of sp³-hybridized carbons (Fsp3) is 0.214. The van der Waals surface area contributed by atoms with Gasteiger partial charge in [0.05, 0.1) is 0 Å². The fourth-order valence-corrected chi connectivity index (χ4v) is 2.00. The molecule has 3 rings (SSSR count). The van der Waals surface area contributed by atoms with Gasteiger partial charge in [-0.05, 0) is 58.3 Å². The van der Waals surface area contributed by atoms with Crippen molar-refractivity contribution in [3.8, 4) is 0 Å². The van der Waals surface area contributed by atoms with Crippen LogP contribution in [0.2, 0.25) is 0 Å². The first-order valence-electron chi connectivity index (χ1n) is 5.51. The Morgan fingerprint density at radius 2 is 1.59 bits per heavy atom. The second-order valence-corrected chi connectivity index (χ2v) is 4.95. The molecule has 2 aromatic carbocycles. The van der Waals surface area contributed by atoms with E-state index in [-0.39, 0.29) is 0 Å². The molecule has 0 spiro atoms. The third-order valence-corrected chi connectivity index (χ3v) is 2.84. The molecule has 17 heavy (non-hydrogen) atoms. The van der Waals surface area contributed by atoms with Crippen LogP contribution in [0.25, 0.3) is 10.8 Å². The summed E-state index contributed by atoms with van der Waals surface area (Å²) in [4.78, 5) is 8.98. The lowest BCUT2D eigenvalue weighted by Gasteiger charge is -2.03. The first kappa shape index (κ1) is 12.4. The van der Waals surface area contributed by atoms with E-state index in [9.17, 15) is 0 Å². The summed E-state index contributed by atoms with van der Waals surface area (Å²) in [6, 6.07) is 15.3. The smallest absolute Gasteiger partial charge is 0.262 e. The highest BCUT2D eigenvalue weighted by Crippen LogP contribution is 2.42. The molecule has 1 fully saturated rings. The molecule has 0 saturated heterocycles. The molecule has 0 bridgehead atoms. The largest absolute Gasteiger partial charge is 0.313 e. The van der Waals surface area contributed by atoms with Crippen molar-refractivity contribution in [3.05, 3.63) is 48.0 Å². The minimum Gasteiger partial charge on any atom is -0.262 e. The normalized spacial score (nSPS) is 14.0. The van der Waals surface area contributed by atoms with Gasteiger partial charge in [0.25, 0.3) is 0 Å². The Morgan fingerprint density at radius 1 is 1.00 bits per heavy atom. The van der Waals surface area contributed by atoms with Crippen molar-refractivity contribution in [2.24, 2.45) is 0 Å². The predicted octanol–water partition coefficient (Wildman–Crippen LogP) is 5.30. The van der Waals surface area contributed by atoms with E-state index in [1.54, 1.807) is 5.56 Å². The standard InChI is InChI=1S/C13H12.CCl2O/c1-2-6-12-10(4-1)5-3-7-13(12)11-8-9-11;2-1(3)4/h1-7,11H,8-9H2;. The van der Waals surface area contributed by atoms with E-state index in [4.69, 9.17) is 4.79 Å². The van der Waals surface area contributed by atoms with Gasteiger partial charge < -0.3 is 0 Å². The zero-order valence-corrected chi connectivity index (χ0v) is 10.7. The van der Waals surface area contributed by atoms with E-state index in [0.29, 0.717) is 0 Å². The summed E-state index contributed by atoms with van der Waals surface area (Å²) in [6.45, 7) is 0. The average molecular weight is 267 g/mol. The summed E-state index contributed by atoms with van der Waals surface area (Å²) in [5.74, 6) is 0.853. The van der Waals surface area contributed by atoms with Crippen LogP contribution in [0.15, 0.2) is 42.5 Å². The highest BCUT2D eigenvalue weighted by molar-refractivity contribution is 6.93. The van der Waals surface area contributed by atoms with Gasteiger partial charge >= 0.3 is 4.70 Å². The lowest BCUT2D eigenvalue weighted by Crippen LogP contribution is -1.81. The Hall–Kier alpha value is -1.05. The van der Waals surface area contributed by atoms with Crippen LogP contribution >= 0.6 is 23.2 Å². The van der Waals surface area contributed by atoms with E-state index in [0.717, 1.165) is 5.92 Å². The van der Waals surface area contributed by atoms with Crippen molar-refractivity contribution < 1.29 is 4.79 Å². The SMILES string of the molecule is O=C(Cl)Cl.c1ccc2c(C3CC3)cccc2c1. The van der Waals surface area contributed by atoms with Crippen LogP contribution in [-0.4, -0.2) is 4.70 Å². The minimum atomic E-state index is -0.889. The van der Waals surface area contributed by atoms with Gasteiger partial charge in [0.15, 0.2) is 0 Å². The summed E-state index contributed by atoms with van der Waals surface area (Å²) >= 11 is 8.80. The Morgan fingerprint density at radius 3 is 2.24 bits per heavy atom. The lowest BCUT2D eigenvalue weighted by molar-refractivity contribution is 0.275. The van der Waals surface area contributed by atoms with Crippen LogP contribution in [0, 0.1) is 0 Å². The van der Waals surface area contributed by atoms with E-state index in [2.05, 4.69) is 65.7 Å². The maximum atomic E-state index is 8.98. The number of benzene rings is 2. The molecule has 1 nitrogen and oxygen atoms in total. The summed E-state index contributed by atoms with van der Waals surface area (Å²) < 4.78 is -0.889. The van der Waals surface area contributed by atoms with E-state index in [1.807, 2.05) is 0 Å². The fourth-order valence-electron chi connectivity index (χ4n) is 2.00. The molecule has 0 heterocycles. The van der Waals surface area contributed by atoms with Crippen LogP contribution in [0.4, 0.5) is 4.79 Å². The summed E-state index contributed by atoms with van der Waals surface area (Å²) in [5, 5.41) is 2.83. The molecule has 2 aromatic rings. The Bertz CT molecular complexity index is 523. The maximum absolute atomic E-state index is 8.98. The second-order valence-electron chi connectivity index (χ2n) is 4.07. The molecule has 0 N–H and O–H groups in total. The number of hydrogen-bond donors (Lipinski definition) is 0. The maximum Gasteiger partial charge on any atom is 0.313 e. The van der Waals surface area contributed by atoms with Crippen molar-refractivity contribution in [3.63, 3.8) is 0 Å². The van der Waals surface area contributed by atoms with Gasteiger partial charge in [-0.15, -0.1) is 0 Å². The third kappa shape index (κ3) is 3.45. The quantitative estimate of drug-likeness (QED) is 0.640. The zero-order valence-electron chi connectivity index (χ0n) is 9.20. The topological polar surface area (TPSA) is 17.1 Å². The number of hydrogen-bond acceptors (Lipinski definition) is 1. The van der Waals surface area contributed by atoms with Crippen LogP contribution in [0.1, 0.15) is 24.3 Å². The van der Waals surface area contributed by atoms with Crippen LogP contribution in [-0.2, 0) is 0 Å². The molecule has 3 heteroatoms. The molecule has 1 aliphatic rings. The van der Waals surface area contributed by atoms with Crippen molar-refractivity contribution in [2.75, 3.05) is 0 Å². The molecular weight excluding hydrogens is 255 g/mol. The van der Waals surface area contributed by atoms with Gasteiger partial charge in [0, 0.05) is 0 Å². The first-order chi connectivity index (χ1) is 8.18. The number of rotatable bonds is 1. The third-order valence-electron chi connectivity index (χ3n) is 2.84. The molecule has 0 amide bonds. The van der Waals surface area contributed by atoms with E-state index < -0.39 is 4.70 Å². The van der Waals surface area contributed by atoms with E-state index >= 15 is 0 Å². The zero-order chi connectivity index (χ0) is 12.3. The monoisotopic (exact) mass is 266 g/mol. The second kappa shape index (κ2) is 5.52. The van der Waals surface area contributed by atoms with Crippen molar-refractivity contribution >= 4 is 38.7 Å². The molecule has 1 aliphatic carbocycles. The van der Waals surface area contributed by atoms with Crippen LogP contribution in [0.5, 0.6) is 0 Å². The Kier molecular flexibility index (Phi) is 4.03. The summed E-state index contributed by atoms with van der Waals surface area (Å²) in [7, 11) is 0. The van der Waals surface area contributed by atoms with Gasteiger partial charge in [0.1, 0.15) is 0 Å². The molecular formula is C14H12Cl2O. The number of carbonyl (C=O) groups is 1. The molecule has 0 unspecified atom stereocenters. The highest BCUT2D eigenvalue weighted by Gasteiger charge is 2.24. The molecule has 1 saturated carbocycles. The summed E-state index contributed by atoms with van der Waals surface area (Å²) in [6.07, 6.45) is 2.77.